The first-order valence-electron chi connectivity index (χ1n) is 10.3. The fraction of sp³-hybridized carbons (Fsp3) is 0.0769. The molecule has 0 unspecified atom stereocenters. The summed E-state index contributed by atoms with van der Waals surface area (Å²) in [6, 6.07) is 27.2. The minimum atomic E-state index is -0.458. The third-order valence-electron chi connectivity index (χ3n) is 5.51. The number of rotatable bonds is 5. The van der Waals surface area contributed by atoms with Crippen LogP contribution in [0.4, 0.5) is 0 Å². The van der Waals surface area contributed by atoms with Crippen LogP contribution in [-0.4, -0.2) is 10.2 Å². The van der Waals surface area contributed by atoms with Gasteiger partial charge in [0.1, 0.15) is 24.0 Å². The zero-order chi connectivity index (χ0) is 22.8. The van der Waals surface area contributed by atoms with Gasteiger partial charge in [0, 0.05) is 10.6 Å². The molecule has 162 valence electrons. The molecular weight excluding hydrogens is 436 g/mol. The summed E-state index contributed by atoms with van der Waals surface area (Å²) in [6.07, 6.45) is 0. The Morgan fingerprint density at radius 1 is 1.06 bits per heavy atom. The zero-order valence-electron chi connectivity index (χ0n) is 17.5. The van der Waals surface area contributed by atoms with Gasteiger partial charge in [-0.25, -0.2) is 0 Å². The van der Waals surface area contributed by atoms with E-state index in [9.17, 15) is 5.26 Å². The number of aromatic amines is 1. The highest BCUT2D eigenvalue weighted by molar-refractivity contribution is 6.30. The van der Waals surface area contributed by atoms with Crippen molar-refractivity contribution in [3.05, 3.63) is 112 Å². The second-order valence-corrected chi connectivity index (χ2v) is 8.03. The fourth-order valence-corrected chi connectivity index (χ4v) is 4.14. The smallest absolute Gasteiger partial charge is 0.244 e. The van der Waals surface area contributed by atoms with Gasteiger partial charge in [0.15, 0.2) is 0 Å². The lowest BCUT2D eigenvalue weighted by molar-refractivity contribution is 0.306. The standard InChI is InChI=1S/C26H19ClN4O2/c27-19-8-4-7-18(13-19)22-21(14-28)25(29)33-26-23(22)24(30-31-26)17-9-11-20(12-10-17)32-15-16-5-2-1-3-6-16/h1-13,22H,15,29H2,(H,30,31)/t22-/m1/s1. The molecule has 1 aliphatic heterocycles. The van der Waals surface area contributed by atoms with Gasteiger partial charge >= 0.3 is 0 Å². The maximum absolute atomic E-state index is 9.83. The number of hydrogen-bond acceptors (Lipinski definition) is 5. The summed E-state index contributed by atoms with van der Waals surface area (Å²) in [4.78, 5) is 0. The van der Waals surface area contributed by atoms with E-state index in [0.29, 0.717) is 23.1 Å². The molecule has 4 aromatic rings. The van der Waals surface area contributed by atoms with Crippen molar-refractivity contribution in [3.8, 4) is 29.0 Å². The Hall–Kier alpha value is -4.21. The molecule has 3 aromatic carbocycles. The molecule has 1 atom stereocenters. The Kier molecular flexibility index (Phi) is 5.47. The molecule has 5 rings (SSSR count). The maximum Gasteiger partial charge on any atom is 0.244 e. The van der Waals surface area contributed by atoms with Crippen molar-refractivity contribution in [2.24, 2.45) is 5.73 Å². The molecule has 0 saturated heterocycles. The van der Waals surface area contributed by atoms with Crippen molar-refractivity contribution in [1.82, 2.24) is 10.2 Å². The summed E-state index contributed by atoms with van der Waals surface area (Å²) in [6.45, 7) is 0.486. The van der Waals surface area contributed by atoms with E-state index >= 15 is 0 Å². The van der Waals surface area contributed by atoms with E-state index in [0.717, 1.165) is 33.7 Å². The fourth-order valence-electron chi connectivity index (χ4n) is 3.94. The van der Waals surface area contributed by atoms with E-state index in [1.54, 1.807) is 6.07 Å². The predicted molar refractivity (Wildman–Crippen MR) is 126 cm³/mol. The summed E-state index contributed by atoms with van der Waals surface area (Å²) in [7, 11) is 0. The Bertz CT molecular complexity index is 1370. The second kappa shape index (κ2) is 8.73. The number of benzene rings is 3. The molecule has 0 bridgehead atoms. The van der Waals surface area contributed by atoms with Crippen LogP contribution in [0.15, 0.2) is 90.3 Å². The van der Waals surface area contributed by atoms with Crippen molar-refractivity contribution in [2.75, 3.05) is 0 Å². The molecule has 1 aromatic heterocycles. The summed E-state index contributed by atoms with van der Waals surface area (Å²) >= 11 is 6.24. The predicted octanol–water partition coefficient (Wildman–Crippen LogP) is 5.53. The Balaban J connectivity index is 1.49. The monoisotopic (exact) mass is 454 g/mol. The van der Waals surface area contributed by atoms with Crippen LogP contribution >= 0.6 is 11.6 Å². The summed E-state index contributed by atoms with van der Waals surface area (Å²) in [5, 5.41) is 17.8. The molecule has 0 spiro atoms. The number of fused-ring (bicyclic) bond motifs is 1. The lowest BCUT2D eigenvalue weighted by Gasteiger charge is -2.24. The lowest BCUT2D eigenvalue weighted by Crippen LogP contribution is -2.21. The Morgan fingerprint density at radius 3 is 2.58 bits per heavy atom. The van der Waals surface area contributed by atoms with Crippen LogP contribution in [-0.2, 0) is 6.61 Å². The van der Waals surface area contributed by atoms with Crippen LogP contribution in [0.25, 0.3) is 11.3 Å². The average Bonchev–Trinajstić information content (AvgIpc) is 3.26. The maximum atomic E-state index is 9.83. The number of allylic oxidation sites excluding steroid dienone is 1. The van der Waals surface area contributed by atoms with Crippen LogP contribution in [0, 0.1) is 11.3 Å². The molecule has 33 heavy (non-hydrogen) atoms. The number of aromatic nitrogens is 2. The lowest BCUT2D eigenvalue weighted by atomic mass is 9.83. The molecule has 1 aliphatic rings. The van der Waals surface area contributed by atoms with Crippen molar-refractivity contribution < 1.29 is 9.47 Å². The van der Waals surface area contributed by atoms with Crippen LogP contribution in [0.5, 0.6) is 11.6 Å². The SMILES string of the molecule is N#CC1=C(N)Oc2n[nH]c(-c3ccc(OCc4ccccc4)cc3)c2[C@@H]1c1cccc(Cl)c1. The van der Waals surface area contributed by atoms with Crippen molar-refractivity contribution >= 4 is 11.6 Å². The normalized spacial score (nSPS) is 14.8. The molecule has 6 nitrogen and oxygen atoms in total. The number of hydrogen-bond donors (Lipinski definition) is 2. The van der Waals surface area contributed by atoms with Gasteiger partial charge in [0.25, 0.3) is 0 Å². The number of halogens is 1. The summed E-state index contributed by atoms with van der Waals surface area (Å²) in [5.41, 5.74) is 10.6. The molecule has 0 aliphatic carbocycles. The summed E-state index contributed by atoms with van der Waals surface area (Å²) in [5.74, 6) is 0.675. The minimum absolute atomic E-state index is 0.0395. The van der Waals surface area contributed by atoms with E-state index in [1.165, 1.54) is 0 Å². The highest BCUT2D eigenvalue weighted by Crippen LogP contribution is 2.46. The van der Waals surface area contributed by atoms with E-state index in [1.807, 2.05) is 72.8 Å². The molecule has 0 saturated carbocycles. The van der Waals surface area contributed by atoms with Crippen LogP contribution < -0.4 is 15.2 Å². The Morgan fingerprint density at radius 2 is 1.85 bits per heavy atom. The zero-order valence-corrected chi connectivity index (χ0v) is 18.2. The van der Waals surface area contributed by atoms with E-state index < -0.39 is 5.92 Å². The van der Waals surface area contributed by atoms with Gasteiger partial charge < -0.3 is 15.2 Å². The molecule has 3 N–H and O–H groups in total. The highest BCUT2D eigenvalue weighted by atomic mass is 35.5. The third-order valence-corrected chi connectivity index (χ3v) is 5.75. The molecular formula is C26H19ClN4O2. The average molecular weight is 455 g/mol. The first kappa shape index (κ1) is 20.7. The van der Waals surface area contributed by atoms with Crippen LogP contribution in [0.2, 0.25) is 5.02 Å². The van der Waals surface area contributed by atoms with Gasteiger partial charge in [0.2, 0.25) is 11.8 Å². The first-order valence-corrected chi connectivity index (χ1v) is 10.7. The van der Waals surface area contributed by atoms with E-state index in [-0.39, 0.29) is 5.88 Å². The van der Waals surface area contributed by atoms with Gasteiger partial charge in [-0.15, -0.1) is 5.10 Å². The molecule has 0 amide bonds. The summed E-state index contributed by atoms with van der Waals surface area (Å²) < 4.78 is 11.6. The Labute approximate surface area is 195 Å². The first-order chi connectivity index (χ1) is 16.1. The van der Waals surface area contributed by atoms with Crippen LogP contribution in [0.3, 0.4) is 0 Å². The number of H-pyrrole nitrogens is 1. The molecule has 2 heterocycles. The number of nitrogens with two attached hydrogens (primary N) is 1. The number of nitriles is 1. The third kappa shape index (κ3) is 4.02. The number of nitrogens with one attached hydrogen (secondary N) is 1. The molecule has 0 fully saturated rings. The van der Waals surface area contributed by atoms with Gasteiger partial charge in [0.05, 0.1) is 17.2 Å². The largest absolute Gasteiger partial charge is 0.489 e. The van der Waals surface area contributed by atoms with Gasteiger partial charge in [-0.1, -0.05) is 54.1 Å². The number of ether oxygens (including phenoxy) is 2. The topological polar surface area (TPSA) is 97.0 Å². The van der Waals surface area contributed by atoms with Gasteiger partial charge in [-0.05, 0) is 47.5 Å². The minimum Gasteiger partial charge on any atom is -0.489 e. The highest BCUT2D eigenvalue weighted by Gasteiger charge is 2.35. The van der Waals surface area contributed by atoms with Crippen molar-refractivity contribution in [2.45, 2.75) is 12.5 Å². The van der Waals surface area contributed by atoms with Crippen molar-refractivity contribution in [3.63, 3.8) is 0 Å². The number of nitrogens with zero attached hydrogens (tertiary/aromatic N) is 2. The van der Waals surface area contributed by atoms with E-state index in [2.05, 4.69) is 16.3 Å². The van der Waals surface area contributed by atoms with E-state index in [4.69, 9.17) is 26.8 Å². The van der Waals surface area contributed by atoms with Gasteiger partial charge in [-0.3, -0.25) is 5.10 Å². The quantitative estimate of drug-likeness (QED) is 0.413. The van der Waals surface area contributed by atoms with Crippen molar-refractivity contribution in [1.29, 1.82) is 5.26 Å². The van der Waals surface area contributed by atoms with Gasteiger partial charge in [-0.2, -0.15) is 5.26 Å². The van der Waals surface area contributed by atoms with Crippen LogP contribution in [0.1, 0.15) is 22.6 Å². The molecule has 0 radical (unpaired) electrons. The second-order valence-electron chi connectivity index (χ2n) is 7.60. The molecule has 7 heteroatoms.